The molecule has 7 heteroatoms. The second-order valence-corrected chi connectivity index (χ2v) is 2.32. The van der Waals surface area contributed by atoms with Crippen molar-refractivity contribution in [2.24, 2.45) is 0 Å². The fourth-order valence-electron chi connectivity index (χ4n) is 0.0847. The Morgan fingerprint density at radius 3 is 2.22 bits per heavy atom. The Labute approximate surface area is 50.4 Å². The molecule has 0 aromatic heterocycles. The number of hydrogen-bond acceptors (Lipinski definition) is 5. The Morgan fingerprint density at radius 1 is 1.67 bits per heavy atom. The second kappa shape index (κ2) is 2.32. The molecule has 0 amide bonds. The molecule has 0 aliphatic rings. The van der Waals surface area contributed by atoms with Crippen molar-refractivity contribution >= 4 is 15.4 Å². The molecule has 0 unspecified atom stereocenters. The summed E-state index contributed by atoms with van der Waals surface area (Å²) in [5.41, 5.74) is 0. The van der Waals surface area contributed by atoms with Gasteiger partial charge < -0.3 is 5.11 Å². The van der Waals surface area contributed by atoms with Crippen LogP contribution in [0.1, 0.15) is 0 Å². The van der Waals surface area contributed by atoms with Crippen LogP contribution in [0.15, 0.2) is 0 Å². The predicted molar refractivity (Wildman–Crippen MR) is 23.6 cm³/mol. The van der Waals surface area contributed by atoms with E-state index in [-0.39, 0.29) is 0 Å². The summed E-state index contributed by atoms with van der Waals surface area (Å²) in [6.07, 6.45) is 0.721. The van der Waals surface area contributed by atoms with Gasteiger partial charge in [0, 0.05) is 0 Å². The van der Waals surface area contributed by atoms with Gasteiger partial charge in [0.15, 0.2) is 0 Å². The largest absolute Gasteiger partial charge is 0.467 e. The molecule has 0 saturated carbocycles. The maximum atomic E-state index is 9.89. The molecule has 0 aliphatic carbocycles. The maximum absolute atomic E-state index is 9.89. The highest BCUT2D eigenvalue weighted by Crippen LogP contribution is 1.90. The molecule has 0 saturated heterocycles. The molecule has 50 valence electrons. The third-order valence-corrected chi connectivity index (χ3v) is 1.08. The van der Waals surface area contributed by atoms with Crippen molar-refractivity contribution in [3.8, 4) is 6.26 Å². The van der Waals surface area contributed by atoms with E-state index < -0.39 is 15.4 Å². The Balaban J connectivity index is 4.48. The molecule has 0 aromatic carbocycles. The Hall–Kier alpha value is -1.29. The van der Waals surface area contributed by atoms with E-state index in [1.807, 2.05) is 0 Å². The van der Waals surface area contributed by atoms with E-state index >= 15 is 0 Å². The number of carbonyl (C=O) groups is 1. The highest BCUT2D eigenvalue weighted by molar-refractivity contribution is 8.01. The van der Waals surface area contributed by atoms with Gasteiger partial charge >= 0.3 is 21.7 Å². The van der Waals surface area contributed by atoms with Crippen molar-refractivity contribution in [2.45, 2.75) is 0 Å². The summed E-state index contributed by atoms with van der Waals surface area (Å²) in [4.78, 5) is 9.55. The van der Waals surface area contributed by atoms with E-state index in [9.17, 15) is 13.2 Å². The first-order valence-corrected chi connectivity index (χ1v) is 2.97. The van der Waals surface area contributed by atoms with Crippen LogP contribution in [-0.2, 0) is 14.3 Å². The lowest BCUT2D eigenvalue weighted by molar-refractivity contribution is 0.215. The molecule has 1 N–H and O–H groups in total. The zero-order valence-corrected chi connectivity index (χ0v) is 4.75. The summed E-state index contributed by atoms with van der Waals surface area (Å²) >= 11 is 0. The minimum Gasteiger partial charge on any atom is -0.467 e. The normalized spacial score (nSPS) is 9.67. The summed E-state index contributed by atoms with van der Waals surface area (Å²) in [6, 6.07) is 0. The molecule has 0 bridgehead atoms. The lowest BCUT2D eigenvalue weighted by Gasteiger charge is -1.87. The van der Waals surface area contributed by atoms with Gasteiger partial charge in [-0.15, -0.1) is 5.26 Å². The van der Waals surface area contributed by atoms with Crippen molar-refractivity contribution in [3.63, 3.8) is 0 Å². The van der Waals surface area contributed by atoms with E-state index in [1.54, 1.807) is 0 Å². The summed E-state index contributed by atoms with van der Waals surface area (Å²) < 4.78 is 22.9. The minimum absolute atomic E-state index is 0.721. The van der Waals surface area contributed by atoms with Gasteiger partial charge in [0.1, 0.15) is 0 Å². The maximum Gasteiger partial charge on any atom is 0.462 e. The van der Waals surface area contributed by atoms with Gasteiger partial charge in [0.2, 0.25) is 0 Å². The quantitative estimate of drug-likeness (QED) is 0.399. The highest BCUT2D eigenvalue weighted by Gasteiger charge is 2.21. The lowest BCUT2D eigenvalue weighted by Crippen LogP contribution is -2.12. The first-order valence-electron chi connectivity index (χ1n) is 1.56. The summed E-state index contributed by atoms with van der Waals surface area (Å²) in [5, 5.41) is 13.1. The molecular weight excluding hydrogens is 150 g/mol. The van der Waals surface area contributed by atoms with Gasteiger partial charge in [0.05, 0.1) is 0 Å². The molecular formula is C2HNO5S. The second-order valence-electron chi connectivity index (χ2n) is 0.895. The average Bonchev–Trinajstić information content (AvgIpc) is 1.65. The molecule has 0 aromatic rings. The van der Waals surface area contributed by atoms with Crippen molar-refractivity contribution in [3.05, 3.63) is 0 Å². The van der Waals surface area contributed by atoms with Gasteiger partial charge in [0.25, 0.3) is 0 Å². The van der Waals surface area contributed by atoms with Crippen LogP contribution in [0.5, 0.6) is 0 Å². The predicted octanol–water partition coefficient (Wildman–Crippen LogP) is -0.508. The standard InChI is InChI=1S/C2HNO5S/c3-1-8-9(6,7)2(4)5/h(H,4,5). The zero-order valence-electron chi connectivity index (χ0n) is 3.94. The van der Waals surface area contributed by atoms with E-state index in [0.29, 0.717) is 0 Å². The average molecular weight is 151 g/mol. The highest BCUT2D eigenvalue weighted by atomic mass is 32.2. The first kappa shape index (κ1) is 7.71. The smallest absolute Gasteiger partial charge is 0.462 e. The first-order chi connectivity index (χ1) is 4.00. The summed E-state index contributed by atoms with van der Waals surface area (Å²) in [5.74, 6) is 0. The van der Waals surface area contributed by atoms with Crippen LogP contribution < -0.4 is 0 Å². The molecule has 9 heavy (non-hydrogen) atoms. The Bertz CT molecular complexity index is 245. The van der Waals surface area contributed by atoms with Crippen molar-refractivity contribution in [1.29, 1.82) is 5.26 Å². The van der Waals surface area contributed by atoms with E-state index in [0.717, 1.165) is 6.26 Å². The van der Waals surface area contributed by atoms with Gasteiger partial charge in [-0.2, -0.15) is 8.42 Å². The summed E-state index contributed by atoms with van der Waals surface area (Å²) in [6.45, 7) is 0. The van der Waals surface area contributed by atoms with E-state index in [1.165, 1.54) is 0 Å². The van der Waals surface area contributed by atoms with Gasteiger partial charge in [-0.1, -0.05) is 0 Å². The molecule has 0 heterocycles. The molecule has 0 spiro atoms. The van der Waals surface area contributed by atoms with Crippen molar-refractivity contribution in [2.75, 3.05) is 0 Å². The lowest BCUT2D eigenvalue weighted by atomic mass is 11.6. The van der Waals surface area contributed by atoms with Crippen molar-refractivity contribution in [1.82, 2.24) is 0 Å². The van der Waals surface area contributed by atoms with Gasteiger partial charge in [-0.3, -0.25) is 4.18 Å². The number of carboxylic acid groups (broad SMARTS) is 1. The monoisotopic (exact) mass is 151 g/mol. The third kappa shape index (κ3) is 1.96. The van der Waals surface area contributed by atoms with Gasteiger partial charge in [-0.25, -0.2) is 4.79 Å². The van der Waals surface area contributed by atoms with Gasteiger partial charge in [-0.05, 0) is 0 Å². The third-order valence-electron chi connectivity index (χ3n) is 0.361. The minimum atomic E-state index is -4.69. The number of nitrogens with zero attached hydrogens (tertiary/aromatic N) is 1. The SMILES string of the molecule is N#COS(=O)(=O)C(=O)O. The van der Waals surface area contributed by atoms with Crippen molar-refractivity contribution < 1.29 is 22.5 Å². The molecule has 0 fully saturated rings. The molecule has 6 nitrogen and oxygen atoms in total. The van der Waals surface area contributed by atoms with E-state index in [2.05, 4.69) is 4.18 Å². The number of nitriles is 1. The number of rotatable bonds is 1. The van der Waals surface area contributed by atoms with Crippen LogP contribution in [0, 0.1) is 11.5 Å². The summed E-state index contributed by atoms with van der Waals surface area (Å²) in [7, 11) is -4.69. The van der Waals surface area contributed by atoms with Crippen LogP contribution in [0.4, 0.5) is 4.79 Å². The van der Waals surface area contributed by atoms with Crippen LogP contribution in [0.25, 0.3) is 0 Å². The van der Waals surface area contributed by atoms with E-state index in [4.69, 9.17) is 10.4 Å². The Kier molecular flexibility index (Phi) is 1.99. The number of hydrogen-bond donors (Lipinski definition) is 1. The molecule has 0 rings (SSSR count). The zero-order chi connectivity index (χ0) is 7.49. The molecule has 0 radical (unpaired) electrons. The topological polar surface area (TPSA) is 104 Å². The van der Waals surface area contributed by atoms with Crippen LogP contribution in [0.2, 0.25) is 0 Å². The molecule has 0 aliphatic heterocycles. The van der Waals surface area contributed by atoms with Crippen LogP contribution >= 0.6 is 0 Å². The van der Waals surface area contributed by atoms with Crippen LogP contribution in [0.3, 0.4) is 0 Å². The Morgan fingerprint density at radius 2 is 2.11 bits per heavy atom. The fraction of sp³-hybridized carbons (Fsp3) is 0. The molecule has 0 atom stereocenters. The fourth-order valence-corrected chi connectivity index (χ4v) is 0.254. The van der Waals surface area contributed by atoms with Crippen LogP contribution in [-0.4, -0.2) is 18.8 Å².